The summed E-state index contributed by atoms with van der Waals surface area (Å²) in [6, 6.07) is 7.20. The van der Waals surface area contributed by atoms with Crippen LogP contribution in [0.25, 0.3) is 0 Å². The highest BCUT2D eigenvalue weighted by molar-refractivity contribution is 7.80. The molecule has 0 saturated carbocycles. The van der Waals surface area contributed by atoms with E-state index in [0.29, 0.717) is 18.0 Å². The summed E-state index contributed by atoms with van der Waals surface area (Å²) in [6.07, 6.45) is 0.869. The summed E-state index contributed by atoms with van der Waals surface area (Å²) < 4.78 is 10.9. The summed E-state index contributed by atoms with van der Waals surface area (Å²) in [5, 5.41) is 2.87. The summed E-state index contributed by atoms with van der Waals surface area (Å²) in [6.45, 7) is 2.57. The summed E-state index contributed by atoms with van der Waals surface area (Å²) in [7, 11) is 0. The number of hydrogen-bond donors (Lipinski definition) is 2. The Bertz CT molecular complexity index is 507. The molecule has 108 valence electrons. The molecule has 2 atom stereocenters. The van der Waals surface area contributed by atoms with Crippen molar-refractivity contribution in [2.75, 3.05) is 18.5 Å². The van der Waals surface area contributed by atoms with Crippen LogP contribution in [-0.2, 0) is 9.53 Å². The number of amides is 1. The Kier molecular flexibility index (Phi) is 4.92. The number of carbonyl (C=O) groups is 1. The van der Waals surface area contributed by atoms with Crippen molar-refractivity contribution in [3.8, 4) is 5.75 Å². The van der Waals surface area contributed by atoms with Crippen LogP contribution < -0.4 is 15.8 Å². The Morgan fingerprint density at radius 2 is 2.30 bits per heavy atom. The van der Waals surface area contributed by atoms with E-state index in [-0.39, 0.29) is 29.5 Å². The van der Waals surface area contributed by atoms with Crippen LogP contribution in [0.5, 0.6) is 5.75 Å². The number of hydrogen-bond acceptors (Lipinski definition) is 4. The van der Waals surface area contributed by atoms with Crippen molar-refractivity contribution < 1.29 is 14.3 Å². The third-order valence-corrected chi connectivity index (χ3v) is 3.20. The maximum Gasteiger partial charge on any atom is 0.230 e. The Labute approximate surface area is 123 Å². The Morgan fingerprint density at radius 3 is 2.95 bits per heavy atom. The molecule has 0 aromatic heterocycles. The van der Waals surface area contributed by atoms with E-state index in [1.807, 2.05) is 19.1 Å². The van der Waals surface area contributed by atoms with Crippen LogP contribution in [-0.4, -0.2) is 30.2 Å². The molecule has 0 radical (unpaired) electrons. The van der Waals surface area contributed by atoms with Gasteiger partial charge in [0.05, 0.1) is 24.3 Å². The normalized spacial score (nSPS) is 21.4. The highest BCUT2D eigenvalue weighted by atomic mass is 32.1. The minimum atomic E-state index is -0.117. The minimum Gasteiger partial charge on any atom is -0.484 e. The maximum absolute atomic E-state index is 12.2. The van der Waals surface area contributed by atoms with Gasteiger partial charge in [-0.25, -0.2) is 0 Å². The molecular weight excluding hydrogens is 276 g/mol. The highest BCUT2D eigenvalue weighted by Gasteiger charge is 2.28. The van der Waals surface area contributed by atoms with Gasteiger partial charge in [-0.2, -0.15) is 0 Å². The van der Waals surface area contributed by atoms with Crippen molar-refractivity contribution in [3.05, 3.63) is 24.3 Å². The van der Waals surface area contributed by atoms with Crippen molar-refractivity contribution in [2.24, 2.45) is 11.7 Å². The van der Waals surface area contributed by atoms with E-state index in [2.05, 4.69) is 5.32 Å². The van der Waals surface area contributed by atoms with Gasteiger partial charge >= 0.3 is 0 Å². The zero-order valence-electron chi connectivity index (χ0n) is 11.3. The Hall–Kier alpha value is -1.66. The number of para-hydroxylation sites is 2. The molecule has 3 N–H and O–H groups in total. The van der Waals surface area contributed by atoms with E-state index in [9.17, 15) is 4.79 Å². The van der Waals surface area contributed by atoms with Crippen molar-refractivity contribution in [1.29, 1.82) is 0 Å². The number of carbonyl (C=O) groups excluding carboxylic acids is 1. The molecular formula is C14H18N2O3S. The second-order valence-corrected chi connectivity index (χ2v) is 5.34. The van der Waals surface area contributed by atoms with Crippen molar-refractivity contribution in [3.63, 3.8) is 0 Å². The van der Waals surface area contributed by atoms with Gasteiger partial charge in [0.25, 0.3) is 0 Å². The van der Waals surface area contributed by atoms with E-state index in [4.69, 9.17) is 27.4 Å². The lowest BCUT2D eigenvalue weighted by molar-refractivity contribution is -0.119. The molecule has 1 aromatic carbocycles. The fraction of sp³-hybridized carbons (Fsp3) is 0.429. The molecule has 1 aromatic rings. The van der Waals surface area contributed by atoms with Gasteiger partial charge in [-0.1, -0.05) is 24.4 Å². The van der Waals surface area contributed by atoms with E-state index in [1.54, 1.807) is 12.1 Å². The van der Waals surface area contributed by atoms with Gasteiger partial charge in [0, 0.05) is 0 Å². The SMILES string of the molecule is CC1CC(C(=O)Nc2ccccc2OCC(N)=S)CO1. The number of nitrogens with one attached hydrogen (secondary N) is 1. The van der Waals surface area contributed by atoms with Crippen LogP contribution >= 0.6 is 12.2 Å². The van der Waals surface area contributed by atoms with E-state index in [0.717, 1.165) is 6.42 Å². The first-order valence-corrected chi connectivity index (χ1v) is 6.89. The number of benzene rings is 1. The lowest BCUT2D eigenvalue weighted by Gasteiger charge is -2.14. The molecule has 0 bridgehead atoms. The van der Waals surface area contributed by atoms with Crippen molar-refractivity contribution >= 4 is 28.8 Å². The zero-order chi connectivity index (χ0) is 14.5. The predicted octanol–water partition coefficient (Wildman–Crippen LogP) is 1.71. The first-order chi connectivity index (χ1) is 9.56. The largest absolute Gasteiger partial charge is 0.484 e. The van der Waals surface area contributed by atoms with Gasteiger partial charge < -0.3 is 20.5 Å². The number of nitrogens with two attached hydrogens (primary N) is 1. The quantitative estimate of drug-likeness (QED) is 0.809. The molecule has 6 heteroatoms. The zero-order valence-corrected chi connectivity index (χ0v) is 12.1. The molecule has 0 spiro atoms. The maximum atomic E-state index is 12.2. The molecule has 5 nitrogen and oxygen atoms in total. The molecule has 1 fully saturated rings. The summed E-state index contributed by atoms with van der Waals surface area (Å²) in [5.74, 6) is 0.384. The Balaban J connectivity index is 2.01. The second kappa shape index (κ2) is 6.67. The van der Waals surface area contributed by atoms with E-state index >= 15 is 0 Å². The van der Waals surface area contributed by atoms with Crippen LogP contribution in [0.2, 0.25) is 0 Å². The standard InChI is InChI=1S/C14H18N2O3S/c1-9-6-10(7-18-9)14(17)16-11-4-2-3-5-12(11)19-8-13(15)20/h2-5,9-10H,6-8H2,1H3,(H2,15,20)(H,16,17). The molecule has 20 heavy (non-hydrogen) atoms. The molecule has 1 heterocycles. The molecule has 2 unspecified atom stereocenters. The summed E-state index contributed by atoms with van der Waals surface area (Å²) >= 11 is 4.77. The molecule has 1 saturated heterocycles. The average molecular weight is 294 g/mol. The van der Waals surface area contributed by atoms with E-state index in [1.165, 1.54) is 0 Å². The predicted molar refractivity (Wildman–Crippen MR) is 80.9 cm³/mol. The fourth-order valence-electron chi connectivity index (χ4n) is 2.08. The molecule has 0 aliphatic carbocycles. The minimum absolute atomic E-state index is 0.0549. The topological polar surface area (TPSA) is 73.6 Å². The average Bonchev–Trinajstić information content (AvgIpc) is 2.84. The molecule has 1 aliphatic heterocycles. The van der Waals surface area contributed by atoms with Crippen LogP contribution in [0.3, 0.4) is 0 Å². The van der Waals surface area contributed by atoms with Gasteiger partial charge in [-0.15, -0.1) is 0 Å². The van der Waals surface area contributed by atoms with Gasteiger partial charge in [0.2, 0.25) is 5.91 Å². The highest BCUT2D eigenvalue weighted by Crippen LogP contribution is 2.26. The van der Waals surface area contributed by atoms with Gasteiger partial charge in [0.1, 0.15) is 17.3 Å². The molecule has 1 amide bonds. The smallest absolute Gasteiger partial charge is 0.230 e. The van der Waals surface area contributed by atoms with Crippen LogP contribution in [0.15, 0.2) is 24.3 Å². The third-order valence-electron chi connectivity index (χ3n) is 3.08. The first kappa shape index (κ1) is 14.7. The van der Waals surface area contributed by atoms with Crippen LogP contribution in [0, 0.1) is 5.92 Å². The number of anilines is 1. The van der Waals surface area contributed by atoms with Crippen molar-refractivity contribution in [1.82, 2.24) is 0 Å². The van der Waals surface area contributed by atoms with Gasteiger partial charge in [-0.3, -0.25) is 4.79 Å². The first-order valence-electron chi connectivity index (χ1n) is 6.49. The summed E-state index contributed by atoms with van der Waals surface area (Å²) in [4.78, 5) is 12.4. The molecule has 1 aliphatic rings. The number of thiocarbonyl (C=S) groups is 1. The van der Waals surface area contributed by atoms with Crippen LogP contribution in [0.4, 0.5) is 5.69 Å². The van der Waals surface area contributed by atoms with Gasteiger partial charge in [-0.05, 0) is 25.5 Å². The number of ether oxygens (including phenoxy) is 2. The second-order valence-electron chi connectivity index (χ2n) is 4.82. The van der Waals surface area contributed by atoms with Gasteiger partial charge in [0.15, 0.2) is 0 Å². The molecule has 2 rings (SSSR count). The lowest BCUT2D eigenvalue weighted by Crippen LogP contribution is -2.24. The summed E-state index contributed by atoms with van der Waals surface area (Å²) in [5.41, 5.74) is 6.03. The lowest BCUT2D eigenvalue weighted by atomic mass is 10.1. The van der Waals surface area contributed by atoms with E-state index < -0.39 is 0 Å². The Morgan fingerprint density at radius 1 is 1.55 bits per heavy atom. The van der Waals surface area contributed by atoms with Crippen LogP contribution in [0.1, 0.15) is 13.3 Å². The number of rotatable bonds is 5. The third kappa shape index (κ3) is 3.91. The van der Waals surface area contributed by atoms with Crippen molar-refractivity contribution in [2.45, 2.75) is 19.4 Å². The fourth-order valence-corrected chi connectivity index (χ4v) is 2.14. The monoisotopic (exact) mass is 294 g/mol.